The Kier molecular flexibility index (Phi) is 1.31. The van der Waals surface area contributed by atoms with Crippen molar-refractivity contribution in [2.75, 3.05) is 11.6 Å². The van der Waals surface area contributed by atoms with E-state index in [1.54, 1.807) is 0 Å². The lowest BCUT2D eigenvalue weighted by molar-refractivity contribution is 1.01. The largest absolute Gasteiger partial charge is 0.382 e. The molecule has 0 fully saturated rings. The second kappa shape index (κ2) is 2.21. The zero-order valence-electron chi connectivity index (χ0n) is 5.90. The molecule has 0 bridgehead atoms. The van der Waals surface area contributed by atoms with Gasteiger partial charge in [0.15, 0.2) is 17.0 Å². The predicted octanol–water partition coefficient (Wildman–Crippen LogP) is -0.224. The number of nitrogens with zero attached hydrogens (tertiary/aromatic N) is 4. The molecule has 0 atom stereocenters. The second-order valence-corrected chi connectivity index (χ2v) is 2.52. The molecule has 7 heteroatoms. The number of hydrogen-bond donors (Lipinski definition) is 2. The normalized spacial score (nSPS) is 10.8. The van der Waals surface area contributed by atoms with E-state index >= 15 is 0 Å². The maximum Gasteiger partial charge on any atom is 0.224 e. The predicted molar refractivity (Wildman–Crippen MR) is 44.9 cm³/mol. The van der Waals surface area contributed by atoms with Gasteiger partial charge in [-0.3, -0.25) is 0 Å². The van der Waals surface area contributed by atoms with E-state index in [0.717, 1.165) is 4.68 Å². The molecular weight excluding hydrogens is 180 g/mol. The van der Waals surface area contributed by atoms with E-state index in [9.17, 15) is 0 Å². The third-order valence-corrected chi connectivity index (χ3v) is 1.73. The van der Waals surface area contributed by atoms with E-state index in [1.165, 1.54) is 6.33 Å². The zero-order chi connectivity index (χ0) is 8.72. The van der Waals surface area contributed by atoms with Gasteiger partial charge in [0.05, 0.1) is 0 Å². The summed E-state index contributed by atoms with van der Waals surface area (Å²) in [6.07, 6.45) is 1.30. The molecule has 0 aliphatic heterocycles. The molecule has 0 amide bonds. The molecule has 6 nitrogen and oxygen atoms in total. The first-order valence-electron chi connectivity index (χ1n) is 3.09. The highest BCUT2D eigenvalue weighted by atomic mass is 35.5. The van der Waals surface area contributed by atoms with Gasteiger partial charge in [-0.25, -0.2) is 19.6 Å². The molecule has 4 N–H and O–H groups in total. The van der Waals surface area contributed by atoms with Crippen molar-refractivity contribution in [3.63, 3.8) is 0 Å². The maximum absolute atomic E-state index is 5.63. The molecule has 0 aliphatic rings. The number of rotatable bonds is 0. The Balaban J connectivity index is 2.95. The third-order valence-electron chi connectivity index (χ3n) is 1.46. The van der Waals surface area contributed by atoms with Crippen molar-refractivity contribution in [3.8, 4) is 0 Å². The van der Waals surface area contributed by atoms with Gasteiger partial charge in [-0.05, 0) is 11.6 Å². The van der Waals surface area contributed by atoms with Crippen LogP contribution in [0.1, 0.15) is 0 Å². The number of anilines is 1. The monoisotopic (exact) mass is 184 g/mol. The van der Waals surface area contributed by atoms with E-state index in [0.29, 0.717) is 11.2 Å². The summed E-state index contributed by atoms with van der Waals surface area (Å²) in [5.41, 5.74) is 6.34. The number of aromatic nitrogens is 4. The van der Waals surface area contributed by atoms with Crippen LogP contribution in [0.2, 0.25) is 5.28 Å². The summed E-state index contributed by atoms with van der Waals surface area (Å²) in [7, 11) is 0. The minimum Gasteiger partial charge on any atom is -0.382 e. The SMILES string of the molecule is Nc1ncnc2c1nc(Cl)n2N. The van der Waals surface area contributed by atoms with Gasteiger partial charge in [0.25, 0.3) is 0 Å². The first kappa shape index (κ1) is 7.11. The van der Waals surface area contributed by atoms with Crippen molar-refractivity contribution in [2.45, 2.75) is 0 Å². The third kappa shape index (κ3) is 0.782. The van der Waals surface area contributed by atoms with Crippen LogP contribution in [0, 0.1) is 0 Å². The molecule has 2 aromatic rings. The first-order valence-corrected chi connectivity index (χ1v) is 3.47. The minimum absolute atomic E-state index is 0.136. The summed E-state index contributed by atoms with van der Waals surface area (Å²) in [6, 6.07) is 0. The summed E-state index contributed by atoms with van der Waals surface area (Å²) in [4.78, 5) is 11.5. The van der Waals surface area contributed by atoms with Gasteiger partial charge in [0.1, 0.15) is 6.33 Å². The highest BCUT2D eigenvalue weighted by Crippen LogP contribution is 2.17. The fourth-order valence-electron chi connectivity index (χ4n) is 0.900. The standard InChI is InChI=1S/C5H5ClN6/c6-5-11-2-3(7)9-1-10-4(2)12(5)8/h1H,8H2,(H2,7,9,10). The molecule has 12 heavy (non-hydrogen) atoms. The minimum atomic E-state index is 0.136. The molecular formula is C5H5ClN6. The summed E-state index contributed by atoms with van der Waals surface area (Å²) >= 11 is 5.63. The van der Waals surface area contributed by atoms with E-state index in [2.05, 4.69) is 15.0 Å². The van der Waals surface area contributed by atoms with Crippen LogP contribution in [-0.2, 0) is 0 Å². The fourth-order valence-corrected chi connectivity index (χ4v) is 1.06. The molecule has 0 radical (unpaired) electrons. The fraction of sp³-hybridized carbons (Fsp3) is 0. The van der Waals surface area contributed by atoms with Crippen LogP contribution in [-0.4, -0.2) is 19.6 Å². The molecule has 2 aromatic heterocycles. The van der Waals surface area contributed by atoms with Crippen LogP contribution in [0.25, 0.3) is 11.2 Å². The molecule has 0 saturated carbocycles. The number of nitrogens with two attached hydrogens (primary N) is 2. The van der Waals surface area contributed by atoms with Gasteiger partial charge in [-0.15, -0.1) is 0 Å². The van der Waals surface area contributed by atoms with Crippen molar-refractivity contribution in [1.82, 2.24) is 19.6 Å². The van der Waals surface area contributed by atoms with Gasteiger partial charge in [-0.2, -0.15) is 0 Å². The number of halogens is 1. The number of fused-ring (bicyclic) bond motifs is 1. The Morgan fingerprint density at radius 3 is 2.83 bits per heavy atom. The average Bonchev–Trinajstić information content (AvgIpc) is 2.32. The van der Waals surface area contributed by atoms with Crippen LogP contribution >= 0.6 is 11.6 Å². The van der Waals surface area contributed by atoms with Gasteiger partial charge < -0.3 is 11.6 Å². The highest BCUT2D eigenvalue weighted by Gasteiger charge is 2.09. The smallest absolute Gasteiger partial charge is 0.224 e. The molecule has 2 rings (SSSR count). The number of nitrogen functional groups attached to an aromatic ring is 2. The summed E-state index contributed by atoms with van der Waals surface area (Å²) in [5.74, 6) is 5.75. The van der Waals surface area contributed by atoms with Gasteiger partial charge in [-0.1, -0.05) is 0 Å². The van der Waals surface area contributed by atoms with Crippen LogP contribution in [0.4, 0.5) is 5.82 Å². The first-order chi connectivity index (χ1) is 5.70. The molecule has 62 valence electrons. The Labute approximate surface area is 72.1 Å². The van der Waals surface area contributed by atoms with Crippen molar-refractivity contribution in [1.29, 1.82) is 0 Å². The van der Waals surface area contributed by atoms with Crippen LogP contribution in [0.3, 0.4) is 0 Å². The van der Waals surface area contributed by atoms with E-state index in [4.69, 9.17) is 23.2 Å². The summed E-state index contributed by atoms with van der Waals surface area (Å²) < 4.78 is 1.15. The molecule has 0 spiro atoms. The van der Waals surface area contributed by atoms with Crippen molar-refractivity contribution in [2.24, 2.45) is 0 Å². The molecule has 0 aliphatic carbocycles. The molecule has 0 unspecified atom stereocenters. The lowest BCUT2D eigenvalue weighted by atomic mass is 10.5. The van der Waals surface area contributed by atoms with E-state index in [-0.39, 0.29) is 11.1 Å². The topological polar surface area (TPSA) is 95.6 Å². The average molecular weight is 185 g/mol. The van der Waals surface area contributed by atoms with E-state index < -0.39 is 0 Å². The lowest BCUT2D eigenvalue weighted by Crippen LogP contribution is -2.08. The number of hydrogen-bond acceptors (Lipinski definition) is 5. The maximum atomic E-state index is 5.63. The van der Waals surface area contributed by atoms with Crippen molar-refractivity contribution < 1.29 is 0 Å². The summed E-state index contributed by atoms with van der Waals surface area (Å²) in [5, 5.41) is 0.136. The molecule has 2 heterocycles. The Morgan fingerprint density at radius 2 is 2.17 bits per heavy atom. The van der Waals surface area contributed by atoms with Crippen molar-refractivity contribution in [3.05, 3.63) is 11.6 Å². The second-order valence-electron chi connectivity index (χ2n) is 2.18. The van der Waals surface area contributed by atoms with Gasteiger partial charge in [0, 0.05) is 0 Å². The Hall–Kier alpha value is -1.56. The summed E-state index contributed by atoms with van der Waals surface area (Å²) in [6.45, 7) is 0. The van der Waals surface area contributed by atoms with E-state index in [1.807, 2.05) is 0 Å². The van der Waals surface area contributed by atoms with Gasteiger partial charge in [0.2, 0.25) is 5.28 Å². The Bertz CT molecular complexity index is 435. The van der Waals surface area contributed by atoms with Gasteiger partial charge >= 0.3 is 0 Å². The highest BCUT2D eigenvalue weighted by molar-refractivity contribution is 6.29. The van der Waals surface area contributed by atoms with Crippen LogP contribution in [0.15, 0.2) is 6.33 Å². The Morgan fingerprint density at radius 1 is 1.42 bits per heavy atom. The number of imidazole rings is 1. The lowest BCUT2D eigenvalue weighted by Gasteiger charge is -1.93. The molecule has 0 saturated heterocycles. The van der Waals surface area contributed by atoms with Crippen LogP contribution in [0.5, 0.6) is 0 Å². The van der Waals surface area contributed by atoms with Crippen molar-refractivity contribution >= 4 is 28.6 Å². The molecule has 0 aromatic carbocycles. The van der Waals surface area contributed by atoms with Crippen LogP contribution < -0.4 is 11.6 Å². The zero-order valence-corrected chi connectivity index (χ0v) is 6.65. The quantitative estimate of drug-likeness (QED) is 0.436.